The van der Waals surface area contributed by atoms with E-state index in [1.807, 2.05) is 6.92 Å². The van der Waals surface area contributed by atoms with Gasteiger partial charge in [-0.1, -0.05) is 45.9 Å². The average molecular weight is 463 g/mol. The minimum absolute atomic E-state index is 0.340. The molecule has 0 saturated heterocycles. The minimum atomic E-state index is 0.340. The Morgan fingerprint density at radius 3 is 2.46 bits per heavy atom. The molecule has 35 heavy (non-hydrogen) atoms. The van der Waals surface area contributed by atoms with E-state index in [1.165, 1.54) is 41.2 Å². The van der Waals surface area contributed by atoms with Crippen molar-refractivity contribution in [2.24, 2.45) is 5.41 Å². The maximum absolute atomic E-state index is 6.40. The molecule has 6 rings (SSSR count). The summed E-state index contributed by atoms with van der Waals surface area (Å²) < 4.78 is 6.40. The third-order valence-corrected chi connectivity index (χ3v) is 7.88. The second-order valence-electron chi connectivity index (χ2n) is 11.7. The van der Waals surface area contributed by atoms with Crippen LogP contribution in [0.25, 0.3) is 44.1 Å². The van der Waals surface area contributed by atoms with E-state index >= 15 is 0 Å². The molecule has 2 aromatic carbocycles. The van der Waals surface area contributed by atoms with Crippen LogP contribution in [0.3, 0.4) is 0 Å². The summed E-state index contributed by atoms with van der Waals surface area (Å²) in [6.07, 6.45) is 3.84. The SMILES string of the molecule is Cc1cc(-c2nc(C(C)C)cc3cc(C4CCC(C)(C)C4)ccc23)c2oc3nc(C)ccc3c2c1. The van der Waals surface area contributed by atoms with E-state index in [-0.39, 0.29) is 0 Å². The number of furan rings is 1. The molecule has 1 fully saturated rings. The van der Waals surface area contributed by atoms with Crippen LogP contribution in [0.4, 0.5) is 0 Å². The van der Waals surface area contributed by atoms with E-state index in [0.717, 1.165) is 39.0 Å². The molecule has 1 aliphatic rings. The van der Waals surface area contributed by atoms with Gasteiger partial charge in [0.25, 0.3) is 0 Å². The zero-order valence-corrected chi connectivity index (χ0v) is 21.7. The zero-order chi connectivity index (χ0) is 24.5. The van der Waals surface area contributed by atoms with Gasteiger partial charge in [-0.25, -0.2) is 4.98 Å². The van der Waals surface area contributed by atoms with Crippen molar-refractivity contribution in [3.8, 4) is 11.3 Å². The molecule has 3 heteroatoms. The Hall–Kier alpha value is -3.20. The molecule has 1 unspecified atom stereocenters. The lowest BCUT2D eigenvalue weighted by Gasteiger charge is -2.18. The largest absolute Gasteiger partial charge is 0.437 e. The fourth-order valence-corrected chi connectivity index (χ4v) is 5.94. The standard InChI is InChI=1S/C32H34N2O/c1-18(2)28-16-23-15-21(22-11-12-32(5,6)17-22)8-10-24(23)29(34-28)27-14-19(3)13-26-25-9-7-20(4)33-31(25)35-30(26)27/h7-10,13-16,18,22H,11-12,17H2,1-6H3. The van der Waals surface area contributed by atoms with Gasteiger partial charge in [-0.3, -0.25) is 4.98 Å². The molecule has 0 aliphatic heterocycles. The summed E-state index contributed by atoms with van der Waals surface area (Å²) >= 11 is 0. The molecule has 1 aliphatic carbocycles. The Labute approximate surface area is 207 Å². The van der Waals surface area contributed by atoms with E-state index in [0.29, 0.717) is 23.0 Å². The summed E-state index contributed by atoms with van der Waals surface area (Å²) in [5, 5.41) is 4.63. The predicted molar refractivity (Wildman–Crippen MR) is 146 cm³/mol. The van der Waals surface area contributed by atoms with Gasteiger partial charge in [0.1, 0.15) is 5.58 Å². The van der Waals surface area contributed by atoms with Crippen molar-refractivity contribution in [2.75, 3.05) is 0 Å². The quantitative estimate of drug-likeness (QED) is 0.268. The van der Waals surface area contributed by atoms with Crippen molar-refractivity contribution >= 4 is 32.8 Å². The van der Waals surface area contributed by atoms with Crippen molar-refractivity contribution in [1.82, 2.24) is 9.97 Å². The number of aromatic nitrogens is 2. The van der Waals surface area contributed by atoms with Crippen LogP contribution in [0, 0.1) is 19.3 Å². The fraction of sp³-hybridized carbons (Fsp3) is 0.375. The third-order valence-electron chi connectivity index (χ3n) is 7.88. The molecule has 3 aromatic heterocycles. The van der Waals surface area contributed by atoms with Gasteiger partial charge < -0.3 is 4.42 Å². The number of nitrogens with zero attached hydrogens (tertiary/aromatic N) is 2. The van der Waals surface area contributed by atoms with Crippen LogP contribution < -0.4 is 0 Å². The molecule has 0 radical (unpaired) electrons. The second kappa shape index (κ2) is 7.91. The van der Waals surface area contributed by atoms with E-state index in [1.54, 1.807) is 0 Å². The lowest BCUT2D eigenvalue weighted by atomic mass is 9.87. The Morgan fingerprint density at radius 1 is 0.914 bits per heavy atom. The molecule has 1 atom stereocenters. The van der Waals surface area contributed by atoms with Gasteiger partial charge in [0, 0.05) is 33.1 Å². The number of aryl methyl sites for hydroxylation is 2. The normalized spacial score (nSPS) is 17.9. The number of hydrogen-bond acceptors (Lipinski definition) is 3. The monoisotopic (exact) mass is 462 g/mol. The van der Waals surface area contributed by atoms with Crippen molar-refractivity contribution in [3.63, 3.8) is 0 Å². The topological polar surface area (TPSA) is 38.9 Å². The molecule has 178 valence electrons. The molecule has 0 bridgehead atoms. The Morgan fingerprint density at radius 2 is 1.71 bits per heavy atom. The summed E-state index contributed by atoms with van der Waals surface area (Å²) in [6.45, 7) is 13.4. The van der Waals surface area contributed by atoms with Crippen LogP contribution in [0.2, 0.25) is 0 Å². The summed E-state index contributed by atoms with van der Waals surface area (Å²) in [6, 6.07) is 18.0. The van der Waals surface area contributed by atoms with Gasteiger partial charge >= 0.3 is 0 Å². The molecule has 1 saturated carbocycles. The van der Waals surface area contributed by atoms with Crippen LogP contribution in [-0.4, -0.2) is 9.97 Å². The van der Waals surface area contributed by atoms with Gasteiger partial charge in [0.15, 0.2) is 0 Å². The number of fused-ring (bicyclic) bond motifs is 4. The van der Waals surface area contributed by atoms with Crippen LogP contribution in [0.5, 0.6) is 0 Å². The van der Waals surface area contributed by atoms with Crippen LogP contribution in [0.15, 0.2) is 52.9 Å². The highest BCUT2D eigenvalue weighted by atomic mass is 16.3. The fourth-order valence-electron chi connectivity index (χ4n) is 5.94. The molecule has 0 N–H and O–H groups in total. The van der Waals surface area contributed by atoms with E-state index < -0.39 is 0 Å². The summed E-state index contributed by atoms with van der Waals surface area (Å²) in [5.41, 5.74) is 8.82. The first-order valence-electron chi connectivity index (χ1n) is 12.9. The predicted octanol–water partition coefficient (Wildman–Crippen LogP) is 9.23. The minimum Gasteiger partial charge on any atom is -0.437 e. The Bertz CT molecular complexity index is 1610. The number of benzene rings is 2. The molecule has 3 heterocycles. The van der Waals surface area contributed by atoms with Crippen molar-refractivity contribution in [1.29, 1.82) is 0 Å². The number of rotatable bonds is 3. The zero-order valence-electron chi connectivity index (χ0n) is 21.7. The molecule has 3 nitrogen and oxygen atoms in total. The van der Waals surface area contributed by atoms with Crippen molar-refractivity contribution in [2.45, 2.75) is 72.6 Å². The molecule has 0 spiro atoms. The van der Waals surface area contributed by atoms with Crippen molar-refractivity contribution < 1.29 is 4.42 Å². The third kappa shape index (κ3) is 3.82. The molecular formula is C32H34N2O. The van der Waals surface area contributed by atoms with Gasteiger partial charge in [-0.2, -0.15) is 0 Å². The molecular weight excluding hydrogens is 428 g/mol. The maximum Gasteiger partial charge on any atom is 0.227 e. The van der Waals surface area contributed by atoms with Crippen LogP contribution >= 0.6 is 0 Å². The first-order chi connectivity index (χ1) is 16.7. The first-order valence-corrected chi connectivity index (χ1v) is 12.9. The van der Waals surface area contributed by atoms with Gasteiger partial charge in [-0.15, -0.1) is 0 Å². The van der Waals surface area contributed by atoms with Crippen molar-refractivity contribution in [3.05, 3.63) is 71.0 Å². The van der Waals surface area contributed by atoms with E-state index in [2.05, 4.69) is 88.1 Å². The Kier molecular flexibility index (Phi) is 5.03. The van der Waals surface area contributed by atoms with E-state index in [4.69, 9.17) is 9.40 Å². The van der Waals surface area contributed by atoms with Gasteiger partial charge in [0.05, 0.1) is 5.69 Å². The second-order valence-corrected chi connectivity index (χ2v) is 11.7. The smallest absolute Gasteiger partial charge is 0.227 e. The van der Waals surface area contributed by atoms with E-state index in [9.17, 15) is 0 Å². The maximum atomic E-state index is 6.40. The molecule has 5 aromatic rings. The van der Waals surface area contributed by atoms with Crippen LogP contribution in [-0.2, 0) is 0 Å². The van der Waals surface area contributed by atoms with Crippen LogP contribution in [0.1, 0.15) is 81.3 Å². The lowest BCUT2D eigenvalue weighted by Crippen LogP contribution is -2.04. The summed E-state index contributed by atoms with van der Waals surface area (Å²) in [5.74, 6) is 0.983. The lowest BCUT2D eigenvalue weighted by molar-refractivity contribution is 0.376. The van der Waals surface area contributed by atoms with Gasteiger partial charge in [-0.05, 0) is 97.2 Å². The first kappa shape index (κ1) is 22.3. The number of hydrogen-bond donors (Lipinski definition) is 0. The number of pyridine rings is 2. The Balaban J connectivity index is 1.60. The highest BCUT2D eigenvalue weighted by molar-refractivity contribution is 6.11. The highest BCUT2D eigenvalue weighted by Crippen LogP contribution is 2.47. The molecule has 0 amide bonds. The summed E-state index contributed by atoms with van der Waals surface area (Å²) in [4.78, 5) is 9.89. The average Bonchev–Trinajstić information content (AvgIpc) is 3.36. The van der Waals surface area contributed by atoms with Gasteiger partial charge in [0.2, 0.25) is 5.71 Å². The summed E-state index contributed by atoms with van der Waals surface area (Å²) in [7, 11) is 0. The highest BCUT2D eigenvalue weighted by Gasteiger charge is 2.32.